The average molecular weight is 172 g/mol. The highest BCUT2D eigenvalue weighted by atomic mass is 35.7. The quantitative estimate of drug-likeness (QED) is 0.566. The van der Waals surface area contributed by atoms with Crippen LogP contribution >= 0.6 is 10.7 Å². The molecule has 0 heterocycles. The predicted molar refractivity (Wildman–Crippen MR) is 33.4 cm³/mol. The van der Waals surface area contributed by atoms with E-state index < -0.39 is 20.2 Å². The average Bonchev–Trinajstić information content (AvgIpc) is 1.62. The minimum atomic E-state index is -3.80. The van der Waals surface area contributed by atoms with Gasteiger partial charge in [-0.2, -0.15) is 0 Å². The number of carbonyl (C=O) groups is 1. The van der Waals surface area contributed by atoms with Gasteiger partial charge in [-0.15, -0.1) is 0 Å². The van der Waals surface area contributed by atoms with Crippen LogP contribution in [0.3, 0.4) is 0 Å². The van der Waals surface area contributed by atoms with Gasteiger partial charge in [0.1, 0.15) is 0 Å². The molecule has 0 bridgehead atoms. The third kappa shape index (κ3) is 2.67. The monoisotopic (exact) mass is 171 g/mol. The SMILES string of the molecule is CC(C(N)=O)S(=O)(=O)Cl. The number of hydrogen-bond donors (Lipinski definition) is 1. The van der Waals surface area contributed by atoms with Crippen molar-refractivity contribution in [2.45, 2.75) is 12.2 Å². The summed E-state index contributed by atoms with van der Waals surface area (Å²) in [5.74, 6) is -0.940. The minimum Gasteiger partial charge on any atom is -0.369 e. The standard InChI is InChI=1S/C3H6ClNO3S/c1-2(3(5)6)9(4,7)8/h2H,1H3,(H2,5,6). The van der Waals surface area contributed by atoms with E-state index in [1.54, 1.807) is 0 Å². The molecule has 0 saturated heterocycles. The highest BCUT2D eigenvalue weighted by molar-refractivity contribution is 8.14. The van der Waals surface area contributed by atoms with Crippen LogP contribution in [-0.2, 0) is 13.8 Å². The summed E-state index contributed by atoms with van der Waals surface area (Å²) in [5.41, 5.74) is 4.62. The van der Waals surface area contributed by atoms with E-state index in [2.05, 4.69) is 5.73 Å². The summed E-state index contributed by atoms with van der Waals surface area (Å²) in [6.07, 6.45) is 0. The molecule has 1 unspecified atom stereocenters. The highest BCUT2D eigenvalue weighted by Crippen LogP contribution is 2.04. The molecule has 6 heteroatoms. The Bertz CT molecular complexity index is 209. The summed E-state index contributed by atoms with van der Waals surface area (Å²) in [7, 11) is 0.946. The molecule has 9 heavy (non-hydrogen) atoms. The first kappa shape index (κ1) is 8.71. The van der Waals surface area contributed by atoms with Gasteiger partial charge in [0.2, 0.25) is 15.0 Å². The van der Waals surface area contributed by atoms with Crippen molar-refractivity contribution in [3.63, 3.8) is 0 Å². The van der Waals surface area contributed by atoms with E-state index >= 15 is 0 Å². The summed E-state index contributed by atoms with van der Waals surface area (Å²) < 4.78 is 20.5. The van der Waals surface area contributed by atoms with Gasteiger partial charge in [0.15, 0.2) is 5.25 Å². The summed E-state index contributed by atoms with van der Waals surface area (Å²) in [5, 5.41) is -1.31. The second-order valence-electron chi connectivity index (χ2n) is 1.52. The molecular weight excluding hydrogens is 166 g/mol. The van der Waals surface area contributed by atoms with Crippen molar-refractivity contribution in [1.82, 2.24) is 0 Å². The molecule has 0 saturated carbocycles. The van der Waals surface area contributed by atoms with Crippen molar-refractivity contribution in [1.29, 1.82) is 0 Å². The van der Waals surface area contributed by atoms with E-state index in [9.17, 15) is 13.2 Å². The van der Waals surface area contributed by atoms with Gasteiger partial charge in [0.25, 0.3) is 0 Å². The fraction of sp³-hybridized carbons (Fsp3) is 0.667. The van der Waals surface area contributed by atoms with Gasteiger partial charge in [-0.1, -0.05) is 0 Å². The summed E-state index contributed by atoms with van der Waals surface area (Å²) in [6, 6.07) is 0. The van der Waals surface area contributed by atoms with Gasteiger partial charge in [-0.05, 0) is 6.92 Å². The largest absolute Gasteiger partial charge is 0.369 e. The zero-order valence-corrected chi connectivity index (χ0v) is 6.24. The van der Waals surface area contributed by atoms with E-state index in [-0.39, 0.29) is 0 Å². The molecule has 2 N–H and O–H groups in total. The molecule has 0 aliphatic heterocycles. The fourth-order valence-electron chi connectivity index (χ4n) is 0.139. The van der Waals surface area contributed by atoms with Crippen LogP contribution in [0.2, 0.25) is 0 Å². The first-order chi connectivity index (χ1) is 3.85. The van der Waals surface area contributed by atoms with Crippen LogP contribution in [0.5, 0.6) is 0 Å². The molecule has 0 aliphatic carbocycles. The first-order valence-electron chi connectivity index (χ1n) is 2.08. The summed E-state index contributed by atoms with van der Waals surface area (Å²) in [6.45, 7) is 1.13. The molecule has 0 radical (unpaired) electrons. The van der Waals surface area contributed by atoms with Gasteiger partial charge in [-0.3, -0.25) is 4.79 Å². The molecule has 0 fully saturated rings. The Hall–Kier alpha value is -0.290. The number of amides is 1. The van der Waals surface area contributed by atoms with E-state index in [0.717, 1.165) is 6.92 Å². The van der Waals surface area contributed by atoms with Gasteiger partial charge < -0.3 is 5.73 Å². The van der Waals surface area contributed by atoms with Crippen LogP contribution in [0.4, 0.5) is 0 Å². The van der Waals surface area contributed by atoms with Gasteiger partial charge in [0, 0.05) is 10.7 Å². The third-order valence-corrected chi connectivity index (χ3v) is 2.70. The molecule has 1 atom stereocenters. The number of halogens is 1. The fourth-order valence-corrected chi connectivity index (χ4v) is 0.680. The minimum absolute atomic E-state index is 0.940. The van der Waals surface area contributed by atoms with E-state index in [0.29, 0.717) is 0 Å². The Labute approximate surface area is 57.4 Å². The molecule has 1 amide bonds. The topological polar surface area (TPSA) is 77.2 Å². The van der Waals surface area contributed by atoms with Crippen LogP contribution in [-0.4, -0.2) is 19.6 Å². The number of rotatable bonds is 2. The molecule has 0 aliphatic rings. The zero-order chi connectivity index (χ0) is 7.65. The number of carbonyl (C=O) groups excluding carboxylic acids is 1. The van der Waals surface area contributed by atoms with Crippen molar-refractivity contribution >= 4 is 25.6 Å². The van der Waals surface area contributed by atoms with Gasteiger partial charge >= 0.3 is 0 Å². The first-order valence-corrected chi connectivity index (χ1v) is 4.45. The molecule has 0 aromatic heterocycles. The lowest BCUT2D eigenvalue weighted by atomic mass is 10.5. The molecule has 4 nitrogen and oxygen atoms in total. The Balaban J connectivity index is 4.43. The van der Waals surface area contributed by atoms with Crippen LogP contribution in [0.1, 0.15) is 6.92 Å². The molecule has 54 valence electrons. The van der Waals surface area contributed by atoms with Crippen molar-refractivity contribution in [2.24, 2.45) is 5.73 Å². The Morgan fingerprint density at radius 3 is 2.00 bits per heavy atom. The van der Waals surface area contributed by atoms with Crippen LogP contribution in [0.15, 0.2) is 0 Å². The van der Waals surface area contributed by atoms with Crippen LogP contribution in [0, 0.1) is 0 Å². The predicted octanol–water partition coefficient (Wildman–Crippen LogP) is -0.571. The van der Waals surface area contributed by atoms with Crippen molar-refractivity contribution in [3.05, 3.63) is 0 Å². The van der Waals surface area contributed by atoms with Crippen LogP contribution in [0.25, 0.3) is 0 Å². The smallest absolute Gasteiger partial charge is 0.244 e. The van der Waals surface area contributed by atoms with Crippen molar-refractivity contribution < 1.29 is 13.2 Å². The molecular formula is C3H6ClNO3S. The van der Waals surface area contributed by atoms with E-state index in [1.807, 2.05) is 0 Å². The van der Waals surface area contributed by atoms with E-state index in [1.165, 1.54) is 0 Å². The number of hydrogen-bond acceptors (Lipinski definition) is 3. The van der Waals surface area contributed by atoms with E-state index in [4.69, 9.17) is 10.7 Å². The second kappa shape index (κ2) is 2.53. The number of nitrogens with two attached hydrogens (primary N) is 1. The number of primary amides is 1. The maximum absolute atomic E-state index is 10.2. The zero-order valence-electron chi connectivity index (χ0n) is 4.67. The van der Waals surface area contributed by atoms with Crippen LogP contribution < -0.4 is 5.73 Å². The highest BCUT2D eigenvalue weighted by Gasteiger charge is 2.22. The molecule has 0 aromatic rings. The van der Waals surface area contributed by atoms with Crippen molar-refractivity contribution in [2.75, 3.05) is 0 Å². The maximum atomic E-state index is 10.2. The summed E-state index contributed by atoms with van der Waals surface area (Å²) in [4.78, 5) is 10.1. The van der Waals surface area contributed by atoms with Gasteiger partial charge in [0.05, 0.1) is 0 Å². The van der Waals surface area contributed by atoms with Gasteiger partial charge in [-0.25, -0.2) is 8.42 Å². The molecule has 0 aromatic carbocycles. The molecule has 0 spiro atoms. The lowest BCUT2D eigenvalue weighted by Gasteiger charge is -1.98. The maximum Gasteiger partial charge on any atom is 0.244 e. The lowest BCUT2D eigenvalue weighted by molar-refractivity contribution is -0.117. The third-order valence-electron chi connectivity index (χ3n) is 0.823. The van der Waals surface area contributed by atoms with Crippen molar-refractivity contribution in [3.8, 4) is 0 Å². The summed E-state index contributed by atoms with van der Waals surface area (Å²) >= 11 is 0. The normalized spacial score (nSPS) is 14.9. The lowest BCUT2D eigenvalue weighted by Crippen LogP contribution is -2.30. The molecule has 0 rings (SSSR count). The Kier molecular flexibility index (Phi) is 2.45. The Morgan fingerprint density at radius 2 is 2.00 bits per heavy atom. The second-order valence-corrected chi connectivity index (χ2v) is 4.47. The Morgan fingerprint density at radius 1 is 1.67 bits per heavy atom.